The Kier molecular flexibility index (Phi) is 5.45. The van der Waals surface area contributed by atoms with Gasteiger partial charge in [0.2, 0.25) is 0 Å². The Bertz CT molecular complexity index is 406. The first-order valence-electron chi connectivity index (χ1n) is 5.77. The number of benzene rings is 1. The Morgan fingerprint density at radius 2 is 2.22 bits per heavy atom. The molecule has 0 heterocycles. The maximum Gasteiger partial charge on any atom is 0.407 e. The number of methoxy groups -OCH3 is 1. The van der Waals surface area contributed by atoms with E-state index >= 15 is 0 Å². The van der Waals surface area contributed by atoms with Crippen LogP contribution in [0.5, 0.6) is 5.75 Å². The highest BCUT2D eigenvalue weighted by molar-refractivity contribution is 5.68. The first-order valence-corrected chi connectivity index (χ1v) is 5.77. The van der Waals surface area contributed by atoms with Gasteiger partial charge in [-0.3, -0.25) is 0 Å². The average Bonchev–Trinajstić information content (AvgIpc) is 2.36. The molecular formula is C13H19NO4. The Labute approximate surface area is 107 Å². The summed E-state index contributed by atoms with van der Waals surface area (Å²) in [5.41, 5.74) is 1.97. The van der Waals surface area contributed by atoms with Crippen molar-refractivity contribution in [1.82, 2.24) is 5.32 Å². The first kappa shape index (κ1) is 14.3. The lowest BCUT2D eigenvalue weighted by Crippen LogP contribution is -2.28. The number of aryl methyl sites for hydroxylation is 1. The number of hydrogen-bond donors (Lipinski definition) is 2. The van der Waals surface area contributed by atoms with E-state index in [9.17, 15) is 4.79 Å². The van der Waals surface area contributed by atoms with Gasteiger partial charge in [0.15, 0.2) is 0 Å². The highest BCUT2D eigenvalue weighted by Crippen LogP contribution is 2.25. The minimum atomic E-state index is -0.555. The lowest BCUT2D eigenvalue weighted by atomic mass is 10.0. The predicted octanol–water partition coefficient (Wildman–Crippen LogP) is 1.78. The van der Waals surface area contributed by atoms with E-state index in [1.54, 1.807) is 7.11 Å². The number of aliphatic hydroxyl groups is 1. The van der Waals surface area contributed by atoms with Crippen LogP contribution in [0.2, 0.25) is 0 Å². The van der Waals surface area contributed by atoms with E-state index in [0.717, 1.165) is 16.9 Å². The third kappa shape index (κ3) is 3.92. The second-order valence-corrected chi connectivity index (χ2v) is 3.97. The minimum Gasteiger partial charge on any atom is -0.496 e. The normalized spacial score (nSPS) is 11.8. The summed E-state index contributed by atoms with van der Waals surface area (Å²) >= 11 is 0. The van der Waals surface area contributed by atoms with E-state index in [1.165, 1.54) is 0 Å². The zero-order valence-electron chi connectivity index (χ0n) is 10.9. The number of rotatable bonds is 5. The fourth-order valence-corrected chi connectivity index (χ4v) is 1.63. The molecule has 1 unspecified atom stereocenters. The summed E-state index contributed by atoms with van der Waals surface area (Å²) in [5.74, 6) is 0.718. The van der Waals surface area contributed by atoms with E-state index in [4.69, 9.17) is 14.6 Å². The van der Waals surface area contributed by atoms with Crippen molar-refractivity contribution in [3.8, 4) is 5.75 Å². The monoisotopic (exact) mass is 253 g/mol. The van der Waals surface area contributed by atoms with Crippen molar-refractivity contribution in [3.05, 3.63) is 29.3 Å². The summed E-state index contributed by atoms with van der Waals surface area (Å²) in [4.78, 5) is 11.4. The van der Waals surface area contributed by atoms with Crippen LogP contribution in [0.15, 0.2) is 18.2 Å². The molecule has 1 atom stereocenters. The molecular weight excluding hydrogens is 234 g/mol. The number of ether oxygens (including phenoxy) is 2. The van der Waals surface area contributed by atoms with Gasteiger partial charge in [0, 0.05) is 5.56 Å². The molecule has 5 nitrogen and oxygen atoms in total. The molecule has 0 saturated carbocycles. The minimum absolute atomic E-state index is 0.0104. The van der Waals surface area contributed by atoms with Crippen molar-refractivity contribution in [1.29, 1.82) is 0 Å². The van der Waals surface area contributed by atoms with Gasteiger partial charge in [0.1, 0.15) is 12.4 Å². The van der Waals surface area contributed by atoms with Crippen molar-refractivity contribution in [3.63, 3.8) is 0 Å². The third-order valence-electron chi connectivity index (χ3n) is 2.51. The van der Waals surface area contributed by atoms with Crippen molar-refractivity contribution < 1.29 is 19.4 Å². The fourth-order valence-electron chi connectivity index (χ4n) is 1.63. The molecule has 5 heteroatoms. The van der Waals surface area contributed by atoms with E-state index in [2.05, 4.69) is 5.32 Å². The zero-order chi connectivity index (χ0) is 13.5. The lowest BCUT2D eigenvalue weighted by molar-refractivity contribution is 0.116. The Morgan fingerprint density at radius 3 is 2.83 bits per heavy atom. The van der Waals surface area contributed by atoms with Crippen LogP contribution >= 0.6 is 0 Å². The van der Waals surface area contributed by atoms with Crippen molar-refractivity contribution in [2.45, 2.75) is 19.9 Å². The van der Waals surface area contributed by atoms with Gasteiger partial charge in [0.05, 0.1) is 19.8 Å². The summed E-state index contributed by atoms with van der Waals surface area (Å²) in [6.45, 7) is 3.62. The van der Waals surface area contributed by atoms with Crippen molar-refractivity contribution in [2.24, 2.45) is 0 Å². The Hall–Kier alpha value is -1.75. The van der Waals surface area contributed by atoms with Crippen LogP contribution < -0.4 is 10.1 Å². The number of aliphatic hydroxyl groups excluding tert-OH is 1. The molecule has 0 aliphatic rings. The molecule has 0 saturated heterocycles. The van der Waals surface area contributed by atoms with Crippen LogP contribution in [0.1, 0.15) is 24.1 Å². The lowest BCUT2D eigenvalue weighted by Gasteiger charge is -2.17. The third-order valence-corrected chi connectivity index (χ3v) is 2.51. The van der Waals surface area contributed by atoms with Crippen LogP contribution in [0.4, 0.5) is 4.79 Å². The summed E-state index contributed by atoms with van der Waals surface area (Å²) in [5, 5.41) is 11.2. The van der Waals surface area contributed by atoms with Crippen LogP contribution in [0, 0.1) is 6.92 Å². The second-order valence-electron chi connectivity index (χ2n) is 3.97. The standard InChI is InChI=1S/C13H19NO4/c1-9-4-5-12(17-3)11(8-9)10(2)14-13(16)18-7-6-15/h4-5,8,10,15H,6-7H2,1-3H3,(H,14,16). The Balaban J connectivity index is 2.73. The van der Waals surface area contributed by atoms with E-state index in [-0.39, 0.29) is 19.3 Å². The topological polar surface area (TPSA) is 67.8 Å². The number of carbonyl (C=O) groups excluding carboxylic acids is 1. The van der Waals surface area contributed by atoms with Gasteiger partial charge >= 0.3 is 6.09 Å². The fraction of sp³-hybridized carbons (Fsp3) is 0.462. The smallest absolute Gasteiger partial charge is 0.407 e. The van der Waals surface area contributed by atoms with Gasteiger partial charge in [-0.1, -0.05) is 17.7 Å². The highest BCUT2D eigenvalue weighted by Gasteiger charge is 2.14. The molecule has 0 radical (unpaired) electrons. The van der Waals surface area contributed by atoms with Crippen LogP contribution in [0.25, 0.3) is 0 Å². The molecule has 2 N–H and O–H groups in total. The Morgan fingerprint density at radius 1 is 1.50 bits per heavy atom. The number of nitrogens with one attached hydrogen (secondary N) is 1. The van der Waals surface area contributed by atoms with Gasteiger partial charge in [-0.15, -0.1) is 0 Å². The highest BCUT2D eigenvalue weighted by atomic mass is 16.6. The molecule has 0 aromatic heterocycles. The molecule has 0 bridgehead atoms. The molecule has 0 spiro atoms. The molecule has 0 aliphatic carbocycles. The summed E-state index contributed by atoms with van der Waals surface area (Å²) in [7, 11) is 1.59. The summed E-state index contributed by atoms with van der Waals surface area (Å²) in [6.07, 6.45) is -0.555. The molecule has 100 valence electrons. The maximum absolute atomic E-state index is 11.4. The molecule has 18 heavy (non-hydrogen) atoms. The largest absolute Gasteiger partial charge is 0.496 e. The average molecular weight is 253 g/mol. The van der Waals surface area contributed by atoms with Crippen LogP contribution in [-0.4, -0.2) is 31.5 Å². The quantitative estimate of drug-likeness (QED) is 0.839. The number of hydrogen-bond acceptors (Lipinski definition) is 4. The molecule has 0 fully saturated rings. The van der Waals surface area contributed by atoms with Gasteiger partial charge in [-0.05, 0) is 19.9 Å². The van der Waals surface area contributed by atoms with Gasteiger partial charge in [0.25, 0.3) is 0 Å². The predicted molar refractivity (Wildman–Crippen MR) is 67.7 cm³/mol. The van der Waals surface area contributed by atoms with Crippen molar-refractivity contribution in [2.75, 3.05) is 20.3 Å². The maximum atomic E-state index is 11.4. The van der Waals surface area contributed by atoms with Crippen LogP contribution in [0.3, 0.4) is 0 Å². The van der Waals surface area contributed by atoms with E-state index in [1.807, 2.05) is 32.0 Å². The summed E-state index contributed by atoms with van der Waals surface area (Å²) in [6, 6.07) is 5.53. The summed E-state index contributed by atoms with van der Waals surface area (Å²) < 4.78 is 10.00. The first-order chi connectivity index (χ1) is 8.58. The second kappa shape index (κ2) is 6.86. The zero-order valence-corrected chi connectivity index (χ0v) is 10.9. The molecule has 1 rings (SSSR count). The van der Waals surface area contributed by atoms with Gasteiger partial charge < -0.3 is 19.9 Å². The van der Waals surface area contributed by atoms with Gasteiger partial charge in [-0.2, -0.15) is 0 Å². The van der Waals surface area contributed by atoms with Crippen molar-refractivity contribution >= 4 is 6.09 Å². The number of carbonyl (C=O) groups is 1. The number of alkyl carbamates (subject to hydrolysis) is 1. The van der Waals surface area contributed by atoms with E-state index < -0.39 is 6.09 Å². The molecule has 0 aliphatic heterocycles. The molecule has 1 aromatic rings. The molecule has 1 amide bonds. The van der Waals surface area contributed by atoms with E-state index in [0.29, 0.717) is 0 Å². The number of amides is 1. The van der Waals surface area contributed by atoms with Crippen LogP contribution in [-0.2, 0) is 4.74 Å². The SMILES string of the molecule is COc1ccc(C)cc1C(C)NC(=O)OCCO. The van der Waals surface area contributed by atoms with Gasteiger partial charge in [-0.25, -0.2) is 4.79 Å². The molecule has 1 aromatic carbocycles.